The van der Waals surface area contributed by atoms with Crippen LogP contribution in [0.3, 0.4) is 0 Å². The molecule has 1 N–H and O–H groups in total. The average Bonchev–Trinajstić information content (AvgIpc) is 2.82. The lowest BCUT2D eigenvalue weighted by molar-refractivity contribution is 0.0694. The van der Waals surface area contributed by atoms with E-state index in [0.29, 0.717) is 12.5 Å². The molecule has 4 rings (SSSR count). The zero-order chi connectivity index (χ0) is 23.6. The maximum Gasteiger partial charge on any atom is 0.257 e. The Morgan fingerprint density at radius 3 is 2.27 bits per heavy atom. The molecular formula is C24H22F2N2O4S. The van der Waals surface area contributed by atoms with Crippen molar-refractivity contribution in [1.29, 1.82) is 0 Å². The van der Waals surface area contributed by atoms with Crippen LogP contribution in [0.5, 0.6) is 5.75 Å². The lowest BCUT2D eigenvalue weighted by Crippen LogP contribution is -2.50. The van der Waals surface area contributed by atoms with Gasteiger partial charge in [0.2, 0.25) is 10.0 Å². The molecule has 1 aliphatic heterocycles. The van der Waals surface area contributed by atoms with Crippen LogP contribution in [0.2, 0.25) is 0 Å². The number of rotatable bonds is 5. The summed E-state index contributed by atoms with van der Waals surface area (Å²) in [4.78, 5) is 13.8. The molecule has 0 radical (unpaired) electrons. The van der Waals surface area contributed by atoms with Crippen molar-refractivity contribution in [2.75, 3.05) is 26.2 Å². The van der Waals surface area contributed by atoms with Crippen molar-refractivity contribution in [3.63, 3.8) is 0 Å². The number of carbonyl (C=O) groups is 1. The van der Waals surface area contributed by atoms with Crippen molar-refractivity contribution < 1.29 is 27.1 Å². The summed E-state index contributed by atoms with van der Waals surface area (Å²) in [6.45, 7) is -0.0440. The third-order valence-electron chi connectivity index (χ3n) is 5.58. The predicted octanol–water partition coefficient (Wildman–Crippen LogP) is 3.41. The minimum absolute atomic E-state index is 0.0529. The Morgan fingerprint density at radius 1 is 0.879 bits per heavy atom. The molecule has 1 aliphatic rings. The summed E-state index contributed by atoms with van der Waals surface area (Å²) in [5, 5.41) is 10.3. The van der Waals surface area contributed by atoms with Gasteiger partial charge >= 0.3 is 0 Å². The summed E-state index contributed by atoms with van der Waals surface area (Å²) in [6.07, 6.45) is 0.590. The smallest absolute Gasteiger partial charge is 0.257 e. The van der Waals surface area contributed by atoms with Crippen LogP contribution in [0.4, 0.5) is 8.78 Å². The summed E-state index contributed by atoms with van der Waals surface area (Å²) >= 11 is 0. The van der Waals surface area contributed by atoms with Gasteiger partial charge in [-0.05, 0) is 47.9 Å². The number of benzene rings is 3. The van der Waals surface area contributed by atoms with E-state index in [-0.39, 0.29) is 37.5 Å². The highest BCUT2D eigenvalue weighted by atomic mass is 32.2. The van der Waals surface area contributed by atoms with Gasteiger partial charge in [-0.25, -0.2) is 17.2 Å². The first-order valence-electron chi connectivity index (χ1n) is 10.4. The van der Waals surface area contributed by atoms with Crippen LogP contribution < -0.4 is 0 Å². The van der Waals surface area contributed by atoms with Crippen LogP contribution >= 0.6 is 0 Å². The van der Waals surface area contributed by atoms with Gasteiger partial charge in [-0.2, -0.15) is 4.31 Å². The van der Waals surface area contributed by atoms with Gasteiger partial charge in [0.15, 0.2) is 0 Å². The fourth-order valence-electron chi connectivity index (χ4n) is 3.81. The normalized spacial score (nSPS) is 14.9. The largest absolute Gasteiger partial charge is 0.507 e. The minimum Gasteiger partial charge on any atom is -0.507 e. The van der Waals surface area contributed by atoms with Gasteiger partial charge in [-0.1, -0.05) is 36.4 Å². The Morgan fingerprint density at radius 2 is 1.58 bits per heavy atom. The van der Waals surface area contributed by atoms with Gasteiger partial charge in [0.05, 0.1) is 5.56 Å². The summed E-state index contributed by atoms with van der Waals surface area (Å²) in [5.74, 6) is -2.46. The highest BCUT2D eigenvalue weighted by Gasteiger charge is 2.33. The molecule has 0 aliphatic carbocycles. The topological polar surface area (TPSA) is 77.9 Å². The molecule has 1 fully saturated rings. The summed E-state index contributed by atoms with van der Waals surface area (Å²) in [7, 11) is -4.25. The van der Waals surface area contributed by atoms with E-state index in [1.165, 1.54) is 11.0 Å². The molecule has 172 valence electrons. The highest BCUT2D eigenvalue weighted by Crippen LogP contribution is 2.25. The zero-order valence-electron chi connectivity index (χ0n) is 17.6. The number of hydrogen-bond donors (Lipinski definition) is 1. The molecule has 1 saturated heterocycles. The van der Waals surface area contributed by atoms with Crippen LogP contribution in [-0.4, -0.2) is 54.8 Å². The van der Waals surface area contributed by atoms with E-state index in [1.807, 2.05) is 30.3 Å². The van der Waals surface area contributed by atoms with Gasteiger partial charge in [0, 0.05) is 26.2 Å². The number of aromatic hydroxyl groups is 1. The van der Waals surface area contributed by atoms with Gasteiger partial charge in [-0.15, -0.1) is 0 Å². The van der Waals surface area contributed by atoms with Crippen LogP contribution in [-0.2, 0) is 16.4 Å². The van der Waals surface area contributed by atoms with Crippen molar-refractivity contribution >= 4 is 15.9 Å². The number of nitrogens with zero attached hydrogens (tertiary/aromatic N) is 2. The third kappa shape index (κ3) is 4.89. The molecule has 1 heterocycles. The van der Waals surface area contributed by atoms with E-state index < -0.39 is 32.5 Å². The third-order valence-corrected chi connectivity index (χ3v) is 7.49. The highest BCUT2D eigenvalue weighted by molar-refractivity contribution is 7.89. The SMILES string of the molecule is O=C(c1cc(Cc2ccccc2)ccc1O)N1CCN(S(=O)(=O)c2cc(F)ccc2F)CC1. The van der Waals surface area contributed by atoms with Crippen molar-refractivity contribution in [2.45, 2.75) is 11.3 Å². The van der Waals surface area contributed by atoms with Crippen molar-refractivity contribution in [2.24, 2.45) is 0 Å². The van der Waals surface area contributed by atoms with Crippen LogP contribution in [0.15, 0.2) is 71.6 Å². The molecule has 0 bridgehead atoms. The van der Waals surface area contributed by atoms with E-state index in [1.54, 1.807) is 12.1 Å². The van der Waals surface area contributed by atoms with Crippen LogP contribution in [0, 0.1) is 11.6 Å². The summed E-state index contributed by atoms with van der Waals surface area (Å²) < 4.78 is 54.0. The van der Waals surface area contributed by atoms with E-state index >= 15 is 0 Å². The first kappa shape index (κ1) is 22.9. The Hall–Kier alpha value is -3.30. The summed E-state index contributed by atoms with van der Waals surface area (Å²) in [5.41, 5.74) is 2.05. The first-order valence-corrected chi connectivity index (χ1v) is 11.8. The van der Waals surface area contributed by atoms with E-state index in [4.69, 9.17) is 0 Å². The van der Waals surface area contributed by atoms with E-state index in [9.17, 15) is 27.1 Å². The number of sulfonamides is 1. The second-order valence-corrected chi connectivity index (χ2v) is 9.69. The van der Waals surface area contributed by atoms with Gasteiger partial charge in [0.25, 0.3) is 5.91 Å². The molecule has 1 amide bonds. The molecule has 3 aromatic carbocycles. The van der Waals surface area contributed by atoms with Crippen molar-refractivity contribution in [1.82, 2.24) is 9.21 Å². The van der Waals surface area contributed by atoms with Crippen LogP contribution in [0.1, 0.15) is 21.5 Å². The Balaban J connectivity index is 1.47. The fraction of sp³-hybridized carbons (Fsp3) is 0.208. The molecule has 33 heavy (non-hydrogen) atoms. The molecule has 0 aromatic heterocycles. The lowest BCUT2D eigenvalue weighted by Gasteiger charge is -2.34. The van der Waals surface area contributed by atoms with E-state index in [0.717, 1.165) is 27.6 Å². The summed E-state index contributed by atoms with van der Waals surface area (Å²) in [6, 6.07) is 16.8. The molecular weight excluding hydrogens is 450 g/mol. The number of phenols is 1. The Kier molecular flexibility index (Phi) is 6.44. The second-order valence-electron chi connectivity index (χ2n) is 7.78. The number of carbonyl (C=O) groups excluding carboxylic acids is 1. The molecule has 9 heteroatoms. The standard InChI is InChI=1S/C24H22F2N2O4S/c25-19-7-8-21(26)23(16-19)33(31,32)28-12-10-27(11-13-28)24(30)20-15-18(6-9-22(20)29)14-17-4-2-1-3-5-17/h1-9,15-16,29H,10-14H2. The van der Waals surface area contributed by atoms with Crippen molar-refractivity contribution in [3.8, 4) is 5.75 Å². The zero-order valence-corrected chi connectivity index (χ0v) is 18.4. The number of amides is 1. The lowest BCUT2D eigenvalue weighted by atomic mass is 10.0. The quantitative estimate of drug-likeness (QED) is 0.618. The average molecular weight is 473 g/mol. The molecule has 0 atom stereocenters. The maximum atomic E-state index is 14.0. The number of piperazine rings is 1. The van der Waals surface area contributed by atoms with Crippen molar-refractivity contribution in [3.05, 3.63) is 95.1 Å². The minimum atomic E-state index is -4.25. The number of halogens is 2. The molecule has 0 unspecified atom stereocenters. The number of phenolic OH excluding ortho intramolecular Hbond substituents is 1. The molecule has 3 aromatic rings. The van der Waals surface area contributed by atoms with Gasteiger partial charge < -0.3 is 10.0 Å². The second kappa shape index (κ2) is 9.29. The van der Waals surface area contributed by atoms with Gasteiger partial charge in [0.1, 0.15) is 22.3 Å². The predicted molar refractivity (Wildman–Crippen MR) is 118 cm³/mol. The number of hydrogen-bond acceptors (Lipinski definition) is 4. The van der Waals surface area contributed by atoms with E-state index in [2.05, 4.69) is 0 Å². The fourth-order valence-corrected chi connectivity index (χ4v) is 5.31. The van der Waals surface area contributed by atoms with Crippen LogP contribution in [0.25, 0.3) is 0 Å². The Bertz CT molecular complexity index is 1270. The van der Waals surface area contributed by atoms with Gasteiger partial charge in [-0.3, -0.25) is 4.79 Å². The first-order chi connectivity index (χ1) is 15.8. The Labute approximate surface area is 190 Å². The molecule has 0 saturated carbocycles. The molecule has 0 spiro atoms. The molecule has 6 nitrogen and oxygen atoms in total. The maximum absolute atomic E-state index is 14.0. The monoisotopic (exact) mass is 472 g/mol.